The fraction of sp³-hybridized carbons (Fsp3) is 0.914. The predicted octanol–water partition coefficient (Wildman–Crippen LogP) is 7.82. The van der Waals surface area contributed by atoms with Crippen LogP contribution in [0, 0.1) is 0 Å². The van der Waals surface area contributed by atoms with Crippen molar-refractivity contribution in [2.24, 2.45) is 0 Å². The smallest absolute Gasteiger partial charge is 0.361 e. The molecule has 0 radical (unpaired) electrons. The fourth-order valence-electron chi connectivity index (χ4n) is 4.77. The minimum Gasteiger partial charge on any atom is -0.477 e. The van der Waals surface area contributed by atoms with Gasteiger partial charge in [0.15, 0.2) is 6.10 Å². The van der Waals surface area contributed by atoms with Crippen molar-refractivity contribution < 1.29 is 42.9 Å². The number of hydrogen-bond acceptors (Lipinski definition) is 7. The number of unbranched alkanes of at least 4 members (excludes halogenated alkanes) is 17. The molecule has 260 valence electrons. The number of aliphatic carboxylic acids is 1. The van der Waals surface area contributed by atoms with E-state index >= 15 is 0 Å². The second-order valence-electron chi connectivity index (χ2n) is 13.2. The third kappa shape index (κ3) is 29.0. The van der Waals surface area contributed by atoms with E-state index in [0.29, 0.717) is 17.4 Å². The lowest BCUT2D eigenvalue weighted by Crippen LogP contribution is -2.40. The standard InChI is InChI=1S/C35H67NO8/c1-6-8-10-12-14-16-18-20-22-24-26-33(38)44-31(30-43-35(34(39)40)41-28-27-36(3,4)5)29-42-32(37)25-23-21-19-17-15-13-11-9-7-2/h31,35H,6-30H2,1-5H3/p+1. The van der Waals surface area contributed by atoms with Gasteiger partial charge in [-0.3, -0.25) is 9.59 Å². The van der Waals surface area contributed by atoms with Crippen molar-refractivity contribution in [3.63, 3.8) is 0 Å². The first kappa shape index (κ1) is 42.3. The molecule has 0 aliphatic rings. The number of ether oxygens (including phenoxy) is 4. The Bertz CT molecular complexity index is 709. The van der Waals surface area contributed by atoms with Crippen LogP contribution in [0.5, 0.6) is 0 Å². The van der Waals surface area contributed by atoms with Gasteiger partial charge < -0.3 is 28.5 Å². The molecule has 9 nitrogen and oxygen atoms in total. The number of esters is 2. The van der Waals surface area contributed by atoms with Crippen LogP contribution in [-0.2, 0) is 33.3 Å². The molecule has 0 bridgehead atoms. The molecule has 1 N–H and O–H groups in total. The Labute approximate surface area is 269 Å². The average molecular weight is 631 g/mol. The van der Waals surface area contributed by atoms with Gasteiger partial charge in [0.1, 0.15) is 13.2 Å². The maximum absolute atomic E-state index is 12.6. The van der Waals surface area contributed by atoms with Crippen LogP contribution in [0.1, 0.15) is 149 Å². The Morgan fingerprint density at radius 3 is 1.45 bits per heavy atom. The van der Waals surface area contributed by atoms with E-state index in [9.17, 15) is 19.5 Å². The van der Waals surface area contributed by atoms with Crippen molar-refractivity contribution in [2.45, 2.75) is 161 Å². The van der Waals surface area contributed by atoms with Gasteiger partial charge in [-0.25, -0.2) is 4.79 Å². The highest BCUT2D eigenvalue weighted by Crippen LogP contribution is 2.13. The summed E-state index contributed by atoms with van der Waals surface area (Å²) < 4.78 is 22.5. The molecule has 0 aromatic rings. The molecular formula is C35H68NO8+. The molecule has 0 rings (SSSR count). The van der Waals surface area contributed by atoms with Crippen LogP contribution in [0.3, 0.4) is 0 Å². The van der Waals surface area contributed by atoms with E-state index < -0.39 is 24.3 Å². The topological polar surface area (TPSA) is 108 Å². The van der Waals surface area contributed by atoms with E-state index in [1.807, 2.05) is 21.1 Å². The SMILES string of the molecule is CCCCCCCCCCCCC(=O)OC(COC(=O)CCCCCCCCCCC)COC(OCC[N+](C)(C)C)C(=O)O. The molecule has 0 aliphatic carbocycles. The van der Waals surface area contributed by atoms with Crippen LogP contribution in [0.4, 0.5) is 0 Å². The molecule has 0 aromatic carbocycles. The highest BCUT2D eigenvalue weighted by Gasteiger charge is 2.25. The minimum absolute atomic E-state index is 0.175. The van der Waals surface area contributed by atoms with Crippen molar-refractivity contribution in [2.75, 3.05) is 47.5 Å². The average Bonchev–Trinajstić information content (AvgIpc) is 2.96. The summed E-state index contributed by atoms with van der Waals surface area (Å²) in [6.45, 7) is 4.81. The Morgan fingerprint density at radius 1 is 0.591 bits per heavy atom. The number of hydrogen-bond donors (Lipinski definition) is 1. The minimum atomic E-state index is -1.50. The van der Waals surface area contributed by atoms with Crippen LogP contribution in [0.2, 0.25) is 0 Å². The van der Waals surface area contributed by atoms with Crippen LogP contribution >= 0.6 is 0 Å². The second kappa shape index (κ2) is 28.7. The molecule has 9 heteroatoms. The van der Waals surface area contributed by atoms with Gasteiger partial charge in [0.2, 0.25) is 0 Å². The largest absolute Gasteiger partial charge is 0.477 e. The van der Waals surface area contributed by atoms with Gasteiger partial charge >= 0.3 is 17.9 Å². The van der Waals surface area contributed by atoms with Crippen LogP contribution in [0.25, 0.3) is 0 Å². The molecule has 0 saturated heterocycles. The maximum Gasteiger partial charge on any atom is 0.361 e. The molecule has 0 heterocycles. The molecule has 0 aromatic heterocycles. The molecule has 0 spiro atoms. The fourth-order valence-corrected chi connectivity index (χ4v) is 4.77. The number of carboxylic acid groups (broad SMARTS) is 1. The molecule has 2 atom stereocenters. The molecule has 2 unspecified atom stereocenters. The number of carbonyl (C=O) groups is 3. The Morgan fingerprint density at radius 2 is 1.02 bits per heavy atom. The summed E-state index contributed by atoms with van der Waals surface area (Å²) in [7, 11) is 5.94. The normalized spacial score (nSPS) is 13.0. The molecule has 0 saturated carbocycles. The van der Waals surface area contributed by atoms with Crippen molar-refractivity contribution >= 4 is 17.9 Å². The monoisotopic (exact) mass is 630 g/mol. The summed E-state index contributed by atoms with van der Waals surface area (Å²) in [5.41, 5.74) is 0. The maximum atomic E-state index is 12.6. The molecule has 0 fully saturated rings. The number of carboxylic acids is 1. The van der Waals surface area contributed by atoms with Gasteiger partial charge in [0.25, 0.3) is 6.29 Å². The van der Waals surface area contributed by atoms with E-state index in [2.05, 4.69) is 13.8 Å². The van der Waals surface area contributed by atoms with Gasteiger partial charge in [-0.15, -0.1) is 0 Å². The number of quaternary nitrogens is 1. The Hall–Kier alpha value is -1.71. The third-order valence-corrected chi connectivity index (χ3v) is 7.61. The number of nitrogens with zero attached hydrogens (tertiary/aromatic N) is 1. The van der Waals surface area contributed by atoms with Crippen LogP contribution < -0.4 is 0 Å². The van der Waals surface area contributed by atoms with Crippen molar-refractivity contribution in [3.05, 3.63) is 0 Å². The summed E-state index contributed by atoms with van der Waals surface area (Å²) in [5, 5.41) is 9.54. The molecule has 0 amide bonds. The number of rotatable bonds is 32. The van der Waals surface area contributed by atoms with E-state index in [-0.39, 0.29) is 32.2 Å². The highest BCUT2D eigenvalue weighted by atomic mass is 16.7. The van der Waals surface area contributed by atoms with E-state index in [1.165, 1.54) is 83.5 Å². The number of likely N-dealkylation sites (N-methyl/N-ethyl adjacent to an activating group) is 1. The zero-order valence-corrected chi connectivity index (χ0v) is 29.1. The van der Waals surface area contributed by atoms with Crippen molar-refractivity contribution in [3.8, 4) is 0 Å². The zero-order valence-electron chi connectivity index (χ0n) is 29.1. The molecule has 0 aliphatic heterocycles. The Balaban J connectivity index is 4.59. The van der Waals surface area contributed by atoms with Gasteiger partial charge in [-0.1, -0.05) is 123 Å². The Kier molecular flexibility index (Phi) is 27.6. The van der Waals surface area contributed by atoms with Gasteiger partial charge in [-0.2, -0.15) is 0 Å². The zero-order chi connectivity index (χ0) is 32.9. The molecular weight excluding hydrogens is 562 g/mol. The first-order chi connectivity index (χ1) is 21.1. The second-order valence-corrected chi connectivity index (χ2v) is 13.2. The van der Waals surface area contributed by atoms with Gasteiger partial charge in [0.05, 0.1) is 34.4 Å². The quantitative estimate of drug-likeness (QED) is 0.0347. The predicted molar refractivity (Wildman–Crippen MR) is 175 cm³/mol. The lowest BCUT2D eigenvalue weighted by molar-refractivity contribution is -0.870. The summed E-state index contributed by atoms with van der Waals surface area (Å²) >= 11 is 0. The number of carbonyl (C=O) groups excluding carboxylic acids is 2. The summed E-state index contributed by atoms with van der Waals surface area (Å²) in [4.78, 5) is 36.6. The lowest BCUT2D eigenvalue weighted by Gasteiger charge is -2.25. The first-order valence-corrected chi connectivity index (χ1v) is 17.7. The summed E-state index contributed by atoms with van der Waals surface area (Å²) in [6.07, 6.45) is 20.2. The van der Waals surface area contributed by atoms with Crippen molar-refractivity contribution in [1.82, 2.24) is 0 Å². The summed E-state index contributed by atoms with van der Waals surface area (Å²) in [6, 6.07) is 0. The summed E-state index contributed by atoms with van der Waals surface area (Å²) in [5.74, 6) is -2.01. The first-order valence-electron chi connectivity index (χ1n) is 17.7. The lowest BCUT2D eigenvalue weighted by atomic mass is 10.1. The van der Waals surface area contributed by atoms with E-state index in [4.69, 9.17) is 18.9 Å². The van der Waals surface area contributed by atoms with E-state index in [0.717, 1.165) is 38.5 Å². The highest BCUT2D eigenvalue weighted by molar-refractivity contribution is 5.71. The van der Waals surface area contributed by atoms with E-state index in [1.54, 1.807) is 0 Å². The van der Waals surface area contributed by atoms with Crippen LogP contribution in [-0.4, -0.2) is 87.4 Å². The van der Waals surface area contributed by atoms with Crippen LogP contribution in [0.15, 0.2) is 0 Å². The van der Waals surface area contributed by atoms with Gasteiger partial charge in [0, 0.05) is 12.8 Å². The van der Waals surface area contributed by atoms with Gasteiger partial charge in [-0.05, 0) is 12.8 Å². The third-order valence-electron chi connectivity index (χ3n) is 7.61. The van der Waals surface area contributed by atoms with Crippen molar-refractivity contribution in [1.29, 1.82) is 0 Å². The molecule has 44 heavy (non-hydrogen) atoms.